The molecule has 1 aromatic carbocycles. The monoisotopic (exact) mass is 254 g/mol. The second-order valence-corrected chi connectivity index (χ2v) is 4.87. The van der Waals surface area contributed by atoms with E-state index >= 15 is 0 Å². The van der Waals surface area contributed by atoms with Crippen LogP contribution < -0.4 is 5.73 Å². The van der Waals surface area contributed by atoms with Crippen LogP contribution in [0.2, 0.25) is 0 Å². The summed E-state index contributed by atoms with van der Waals surface area (Å²) in [7, 11) is 0. The van der Waals surface area contributed by atoms with Gasteiger partial charge < -0.3 is 5.73 Å². The number of nitrogens with zero attached hydrogens (tertiary/aromatic N) is 1. The molecule has 4 heteroatoms. The lowest BCUT2D eigenvalue weighted by molar-refractivity contribution is 0.186. The SMILES string of the molecule is CCN1CCCCC(N)C1c1c(F)cccc1F. The zero-order chi connectivity index (χ0) is 13.1. The smallest absolute Gasteiger partial charge is 0.130 e. The van der Waals surface area contributed by atoms with Crippen molar-refractivity contribution in [2.24, 2.45) is 5.73 Å². The number of nitrogens with two attached hydrogens (primary N) is 1. The van der Waals surface area contributed by atoms with Crippen molar-refractivity contribution in [2.75, 3.05) is 13.1 Å². The van der Waals surface area contributed by atoms with Crippen molar-refractivity contribution in [3.63, 3.8) is 0 Å². The first-order chi connectivity index (χ1) is 8.65. The molecule has 0 saturated carbocycles. The van der Waals surface area contributed by atoms with Crippen molar-refractivity contribution < 1.29 is 8.78 Å². The highest BCUT2D eigenvalue weighted by molar-refractivity contribution is 5.25. The normalized spacial score (nSPS) is 26.0. The molecule has 0 aromatic heterocycles. The molecule has 1 aliphatic heterocycles. The highest BCUT2D eigenvalue weighted by Gasteiger charge is 2.31. The Morgan fingerprint density at radius 2 is 1.94 bits per heavy atom. The van der Waals surface area contributed by atoms with Crippen molar-refractivity contribution in [3.8, 4) is 0 Å². The van der Waals surface area contributed by atoms with Gasteiger partial charge in [-0.2, -0.15) is 0 Å². The average molecular weight is 254 g/mol. The van der Waals surface area contributed by atoms with Crippen LogP contribution in [0.5, 0.6) is 0 Å². The highest BCUT2D eigenvalue weighted by atomic mass is 19.1. The first-order valence-corrected chi connectivity index (χ1v) is 6.58. The van der Waals surface area contributed by atoms with Crippen LogP contribution in [0, 0.1) is 11.6 Å². The third-order valence-corrected chi connectivity index (χ3v) is 3.73. The van der Waals surface area contributed by atoms with Crippen molar-refractivity contribution in [1.29, 1.82) is 0 Å². The quantitative estimate of drug-likeness (QED) is 0.879. The van der Waals surface area contributed by atoms with Crippen LogP contribution in [0.15, 0.2) is 18.2 Å². The van der Waals surface area contributed by atoms with E-state index in [-0.39, 0.29) is 17.6 Å². The standard InChI is InChI=1S/C14H20F2N2/c1-2-18-9-4-3-8-12(17)14(18)13-10(15)6-5-7-11(13)16/h5-7,12,14H,2-4,8-9,17H2,1H3. The van der Waals surface area contributed by atoms with Crippen LogP contribution in [0.1, 0.15) is 37.8 Å². The molecule has 1 aliphatic rings. The molecule has 1 fully saturated rings. The van der Waals surface area contributed by atoms with E-state index in [0.29, 0.717) is 0 Å². The number of likely N-dealkylation sites (tertiary alicyclic amines) is 1. The molecule has 0 amide bonds. The van der Waals surface area contributed by atoms with Crippen molar-refractivity contribution in [1.82, 2.24) is 4.90 Å². The Hall–Kier alpha value is -1.00. The van der Waals surface area contributed by atoms with Gasteiger partial charge >= 0.3 is 0 Å². The van der Waals surface area contributed by atoms with Crippen LogP contribution in [-0.2, 0) is 0 Å². The first kappa shape index (κ1) is 13.4. The zero-order valence-electron chi connectivity index (χ0n) is 10.7. The third-order valence-electron chi connectivity index (χ3n) is 3.73. The summed E-state index contributed by atoms with van der Waals surface area (Å²) in [6.07, 6.45) is 2.87. The molecule has 1 saturated heterocycles. The number of likely N-dealkylation sites (N-methyl/N-ethyl adjacent to an activating group) is 1. The van der Waals surface area contributed by atoms with Crippen LogP contribution in [-0.4, -0.2) is 24.0 Å². The molecule has 1 heterocycles. The Morgan fingerprint density at radius 3 is 2.56 bits per heavy atom. The fourth-order valence-corrected chi connectivity index (χ4v) is 2.81. The van der Waals surface area contributed by atoms with Gasteiger partial charge in [0.1, 0.15) is 11.6 Å². The summed E-state index contributed by atoms with van der Waals surface area (Å²) in [5.74, 6) is -0.980. The topological polar surface area (TPSA) is 29.3 Å². The molecule has 0 spiro atoms. The number of benzene rings is 1. The Kier molecular flexibility index (Phi) is 4.30. The van der Waals surface area contributed by atoms with E-state index in [2.05, 4.69) is 4.90 Å². The lowest BCUT2D eigenvalue weighted by Gasteiger charge is -2.33. The summed E-state index contributed by atoms with van der Waals surface area (Å²) in [6, 6.07) is 3.46. The molecule has 2 rings (SSSR count). The maximum Gasteiger partial charge on any atom is 0.130 e. The summed E-state index contributed by atoms with van der Waals surface area (Å²) in [6.45, 7) is 3.61. The third kappa shape index (κ3) is 2.54. The van der Waals surface area contributed by atoms with Crippen LogP contribution in [0.25, 0.3) is 0 Å². The summed E-state index contributed by atoms with van der Waals surface area (Å²) < 4.78 is 27.9. The van der Waals surface area contributed by atoms with E-state index in [4.69, 9.17) is 5.73 Å². The average Bonchev–Trinajstić information content (AvgIpc) is 2.52. The molecule has 100 valence electrons. The summed E-state index contributed by atoms with van der Waals surface area (Å²) in [5.41, 5.74) is 6.27. The molecule has 2 nitrogen and oxygen atoms in total. The van der Waals surface area contributed by atoms with E-state index in [9.17, 15) is 8.78 Å². The summed E-state index contributed by atoms with van der Waals surface area (Å²) in [4.78, 5) is 2.08. The Labute approximate surface area is 107 Å². The molecule has 0 radical (unpaired) electrons. The lowest BCUT2D eigenvalue weighted by Crippen LogP contribution is -2.40. The van der Waals surface area contributed by atoms with Gasteiger partial charge in [0.2, 0.25) is 0 Å². The van der Waals surface area contributed by atoms with E-state index in [1.165, 1.54) is 18.2 Å². The highest BCUT2D eigenvalue weighted by Crippen LogP contribution is 2.32. The number of hydrogen-bond donors (Lipinski definition) is 1. The van der Waals surface area contributed by atoms with Gasteiger partial charge in [0, 0.05) is 11.6 Å². The molecule has 0 aliphatic carbocycles. The van der Waals surface area contributed by atoms with E-state index in [1.807, 2.05) is 6.92 Å². The van der Waals surface area contributed by atoms with Crippen molar-refractivity contribution >= 4 is 0 Å². The van der Waals surface area contributed by atoms with E-state index in [0.717, 1.165) is 32.4 Å². The predicted molar refractivity (Wildman–Crippen MR) is 68.2 cm³/mol. The van der Waals surface area contributed by atoms with Gasteiger partial charge in [0.15, 0.2) is 0 Å². The molecule has 2 atom stereocenters. The van der Waals surface area contributed by atoms with Gasteiger partial charge in [-0.3, -0.25) is 4.90 Å². The van der Waals surface area contributed by atoms with Crippen molar-refractivity contribution in [2.45, 2.75) is 38.3 Å². The maximum absolute atomic E-state index is 13.9. The van der Waals surface area contributed by atoms with E-state index < -0.39 is 11.6 Å². The minimum absolute atomic E-state index is 0.133. The summed E-state index contributed by atoms with van der Waals surface area (Å²) >= 11 is 0. The first-order valence-electron chi connectivity index (χ1n) is 6.58. The minimum atomic E-state index is -0.490. The molecule has 2 unspecified atom stereocenters. The number of halogens is 2. The molecular formula is C14H20F2N2. The van der Waals surface area contributed by atoms with Gasteiger partial charge in [0.05, 0.1) is 6.04 Å². The van der Waals surface area contributed by atoms with E-state index in [1.54, 1.807) is 0 Å². The number of rotatable bonds is 2. The van der Waals surface area contributed by atoms with Crippen LogP contribution in [0.4, 0.5) is 8.78 Å². The zero-order valence-corrected chi connectivity index (χ0v) is 10.7. The van der Waals surface area contributed by atoms with Gasteiger partial charge in [-0.1, -0.05) is 19.4 Å². The molecule has 0 bridgehead atoms. The second-order valence-electron chi connectivity index (χ2n) is 4.87. The lowest BCUT2D eigenvalue weighted by atomic mass is 9.95. The molecule has 2 N–H and O–H groups in total. The van der Waals surface area contributed by atoms with Gasteiger partial charge in [-0.05, 0) is 38.1 Å². The van der Waals surface area contributed by atoms with Crippen LogP contribution >= 0.6 is 0 Å². The predicted octanol–water partition coefficient (Wildman–Crippen LogP) is 2.84. The Bertz CT molecular complexity index is 389. The Morgan fingerprint density at radius 1 is 1.28 bits per heavy atom. The fourth-order valence-electron chi connectivity index (χ4n) is 2.81. The van der Waals surface area contributed by atoms with Gasteiger partial charge in [-0.25, -0.2) is 8.78 Å². The maximum atomic E-state index is 13.9. The summed E-state index contributed by atoms with van der Waals surface area (Å²) in [5, 5.41) is 0. The number of hydrogen-bond acceptors (Lipinski definition) is 2. The molecule has 1 aromatic rings. The fraction of sp³-hybridized carbons (Fsp3) is 0.571. The molecule has 18 heavy (non-hydrogen) atoms. The largest absolute Gasteiger partial charge is 0.326 e. The van der Waals surface area contributed by atoms with Crippen LogP contribution in [0.3, 0.4) is 0 Å². The molecular weight excluding hydrogens is 234 g/mol. The minimum Gasteiger partial charge on any atom is -0.326 e. The van der Waals surface area contributed by atoms with Gasteiger partial charge in [0.25, 0.3) is 0 Å². The second kappa shape index (κ2) is 5.76. The van der Waals surface area contributed by atoms with Gasteiger partial charge in [-0.15, -0.1) is 0 Å². The van der Waals surface area contributed by atoms with Crippen molar-refractivity contribution in [3.05, 3.63) is 35.4 Å². The Balaban J connectivity index is 2.43.